The molecule has 1 aromatic rings. The Bertz CT molecular complexity index is 271. The molecule has 0 spiro atoms. The average molecular weight is 170 g/mol. The van der Waals surface area contributed by atoms with Crippen LogP contribution in [0.1, 0.15) is 24.2 Å². The highest BCUT2D eigenvalue weighted by Crippen LogP contribution is 2.16. The van der Waals surface area contributed by atoms with Gasteiger partial charge >= 0.3 is 0 Å². The molecule has 0 saturated heterocycles. The van der Waals surface area contributed by atoms with Crippen LogP contribution in [0.15, 0.2) is 18.2 Å². The number of aliphatic hydroxyl groups excluding tert-OH is 2. The van der Waals surface area contributed by atoms with E-state index in [0.717, 1.165) is 0 Å². The van der Waals surface area contributed by atoms with E-state index in [1.54, 1.807) is 13.0 Å². The second-order valence-corrected chi connectivity index (χ2v) is 2.68. The first-order chi connectivity index (χ1) is 5.65. The van der Waals surface area contributed by atoms with E-state index in [-0.39, 0.29) is 12.2 Å². The quantitative estimate of drug-likeness (QED) is 0.703. The molecule has 0 radical (unpaired) electrons. The highest BCUT2D eigenvalue weighted by Gasteiger charge is 2.05. The molecule has 0 amide bonds. The van der Waals surface area contributed by atoms with Gasteiger partial charge in [0.05, 0.1) is 12.7 Å². The molecule has 1 aromatic carbocycles. The Kier molecular flexibility index (Phi) is 2.78. The van der Waals surface area contributed by atoms with E-state index >= 15 is 0 Å². The van der Waals surface area contributed by atoms with E-state index in [0.29, 0.717) is 5.56 Å². The van der Waals surface area contributed by atoms with Crippen molar-refractivity contribution in [3.63, 3.8) is 0 Å². The summed E-state index contributed by atoms with van der Waals surface area (Å²) in [6, 6.07) is 4.30. The summed E-state index contributed by atoms with van der Waals surface area (Å²) in [7, 11) is 0. The summed E-state index contributed by atoms with van der Waals surface area (Å²) in [5.41, 5.74) is 0.768. The minimum absolute atomic E-state index is 0.249. The van der Waals surface area contributed by atoms with Gasteiger partial charge in [0.15, 0.2) is 0 Å². The number of hydrogen-bond donors (Lipinski definition) is 2. The van der Waals surface area contributed by atoms with Gasteiger partial charge in [0, 0.05) is 5.56 Å². The Labute approximate surface area is 70.3 Å². The Balaban J connectivity index is 3.02. The van der Waals surface area contributed by atoms with Crippen molar-refractivity contribution in [2.75, 3.05) is 0 Å². The third-order valence-electron chi connectivity index (χ3n) is 1.73. The fraction of sp³-hybridized carbons (Fsp3) is 0.333. The molecule has 1 unspecified atom stereocenters. The van der Waals surface area contributed by atoms with Gasteiger partial charge in [-0.3, -0.25) is 0 Å². The maximum Gasteiger partial charge on any atom is 0.129 e. The van der Waals surface area contributed by atoms with E-state index in [9.17, 15) is 4.39 Å². The molecule has 1 rings (SSSR count). The molecule has 1 atom stereocenters. The normalized spacial score (nSPS) is 13.0. The van der Waals surface area contributed by atoms with Crippen LogP contribution in [0, 0.1) is 5.82 Å². The highest BCUT2D eigenvalue weighted by molar-refractivity contribution is 5.25. The Morgan fingerprint density at radius 2 is 2.17 bits per heavy atom. The smallest absolute Gasteiger partial charge is 0.129 e. The maximum atomic E-state index is 12.9. The molecular formula is C9H11FO2. The van der Waals surface area contributed by atoms with Gasteiger partial charge in [-0.15, -0.1) is 0 Å². The maximum absolute atomic E-state index is 12.9. The van der Waals surface area contributed by atoms with Crippen molar-refractivity contribution < 1.29 is 14.6 Å². The molecule has 0 aliphatic carbocycles. The monoisotopic (exact) mass is 170 g/mol. The van der Waals surface area contributed by atoms with Crippen molar-refractivity contribution in [1.82, 2.24) is 0 Å². The van der Waals surface area contributed by atoms with Gasteiger partial charge in [0.25, 0.3) is 0 Å². The van der Waals surface area contributed by atoms with Crippen LogP contribution in [0.2, 0.25) is 0 Å². The lowest BCUT2D eigenvalue weighted by Gasteiger charge is -2.05. The first-order valence-electron chi connectivity index (χ1n) is 3.72. The van der Waals surface area contributed by atoms with Crippen molar-refractivity contribution in [3.05, 3.63) is 35.1 Å². The predicted octanol–water partition coefficient (Wildman–Crippen LogP) is 1.37. The zero-order valence-electron chi connectivity index (χ0n) is 6.79. The zero-order chi connectivity index (χ0) is 9.14. The van der Waals surface area contributed by atoms with Crippen molar-refractivity contribution in [2.24, 2.45) is 0 Å². The molecule has 0 aliphatic rings. The van der Waals surface area contributed by atoms with E-state index in [1.807, 2.05) is 0 Å². The SMILES string of the molecule is CC(O)c1ccc(CO)c(F)c1. The van der Waals surface area contributed by atoms with E-state index < -0.39 is 11.9 Å². The summed E-state index contributed by atoms with van der Waals surface area (Å²) >= 11 is 0. The van der Waals surface area contributed by atoms with Gasteiger partial charge < -0.3 is 10.2 Å². The van der Waals surface area contributed by atoms with Crippen molar-refractivity contribution in [1.29, 1.82) is 0 Å². The first-order valence-corrected chi connectivity index (χ1v) is 3.72. The van der Waals surface area contributed by atoms with E-state index in [4.69, 9.17) is 10.2 Å². The molecule has 0 saturated carbocycles. The van der Waals surface area contributed by atoms with Crippen LogP contribution in [-0.2, 0) is 6.61 Å². The molecule has 12 heavy (non-hydrogen) atoms. The standard InChI is InChI=1S/C9H11FO2/c1-6(12)7-2-3-8(5-11)9(10)4-7/h2-4,6,11-12H,5H2,1H3. The van der Waals surface area contributed by atoms with Gasteiger partial charge in [-0.1, -0.05) is 12.1 Å². The lowest BCUT2D eigenvalue weighted by atomic mass is 10.1. The summed E-state index contributed by atoms with van der Waals surface area (Å²) in [6.45, 7) is 1.25. The summed E-state index contributed by atoms with van der Waals surface area (Å²) in [5, 5.41) is 17.7. The van der Waals surface area contributed by atoms with Gasteiger partial charge in [-0.25, -0.2) is 4.39 Å². The fourth-order valence-electron chi connectivity index (χ4n) is 0.952. The summed E-state index contributed by atoms with van der Waals surface area (Å²) in [6.07, 6.45) is -0.674. The molecular weight excluding hydrogens is 159 g/mol. The summed E-state index contributed by atoms with van der Waals surface area (Å²) in [4.78, 5) is 0. The highest BCUT2D eigenvalue weighted by atomic mass is 19.1. The molecule has 0 heterocycles. The summed E-state index contributed by atoms with van der Waals surface area (Å²) in [5.74, 6) is -0.476. The van der Waals surface area contributed by atoms with Crippen LogP contribution in [0.3, 0.4) is 0 Å². The third kappa shape index (κ3) is 1.81. The zero-order valence-corrected chi connectivity index (χ0v) is 6.79. The minimum atomic E-state index is -0.674. The van der Waals surface area contributed by atoms with Gasteiger partial charge in [0.1, 0.15) is 5.82 Å². The first kappa shape index (κ1) is 9.16. The predicted molar refractivity (Wildman–Crippen MR) is 43.0 cm³/mol. The summed E-state index contributed by atoms with van der Waals surface area (Å²) < 4.78 is 12.9. The van der Waals surface area contributed by atoms with E-state index in [2.05, 4.69) is 0 Å². The van der Waals surface area contributed by atoms with Crippen LogP contribution in [-0.4, -0.2) is 10.2 Å². The van der Waals surface area contributed by atoms with Gasteiger partial charge in [-0.05, 0) is 18.6 Å². The molecule has 0 bridgehead atoms. The molecule has 0 aliphatic heterocycles. The number of benzene rings is 1. The molecule has 0 aromatic heterocycles. The molecule has 2 N–H and O–H groups in total. The van der Waals surface area contributed by atoms with Crippen LogP contribution < -0.4 is 0 Å². The molecule has 2 nitrogen and oxygen atoms in total. The van der Waals surface area contributed by atoms with Crippen molar-refractivity contribution >= 4 is 0 Å². The number of aliphatic hydroxyl groups is 2. The Morgan fingerprint density at radius 3 is 2.58 bits per heavy atom. The number of rotatable bonds is 2. The van der Waals surface area contributed by atoms with Crippen LogP contribution >= 0.6 is 0 Å². The number of hydrogen-bond acceptors (Lipinski definition) is 2. The average Bonchev–Trinajstić information content (AvgIpc) is 2.04. The topological polar surface area (TPSA) is 40.5 Å². The largest absolute Gasteiger partial charge is 0.392 e. The lowest BCUT2D eigenvalue weighted by Crippen LogP contribution is -1.95. The lowest BCUT2D eigenvalue weighted by molar-refractivity contribution is 0.198. The number of halogens is 1. The second kappa shape index (κ2) is 3.65. The van der Waals surface area contributed by atoms with E-state index in [1.165, 1.54) is 12.1 Å². The van der Waals surface area contributed by atoms with Crippen LogP contribution in [0.4, 0.5) is 4.39 Å². The molecule has 0 fully saturated rings. The Morgan fingerprint density at radius 1 is 1.50 bits per heavy atom. The fourth-order valence-corrected chi connectivity index (χ4v) is 0.952. The van der Waals surface area contributed by atoms with Crippen LogP contribution in [0.25, 0.3) is 0 Å². The van der Waals surface area contributed by atoms with Crippen LogP contribution in [0.5, 0.6) is 0 Å². The van der Waals surface area contributed by atoms with Gasteiger partial charge in [0.2, 0.25) is 0 Å². The van der Waals surface area contributed by atoms with Crippen molar-refractivity contribution in [2.45, 2.75) is 19.6 Å². The Hall–Kier alpha value is -0.930. The third-order valence-corrected chi connectivity index (χ3v) is 1.73. The second-order valence-electron chi connectivity index (χ2n) is 2.68. The van der Waals surface area contributed by atoms with Crippen molar-refractivity contribution in [3.8, 4) is 0 Å². The molecule has 66 valence electrons. The minimum Gasteiger partial charge on any atom is -0.392 e. The molecule has 3 heteroatoms. The van der Waals surface area contributed by atoms with Gasteiger partial charge in [-0.2, -0.15) is 0 Å².